The first-order valence-electron chi connectivity index (χ1n) is 5.41. The molecular weight excluding hydrogens is 204 g/mol. The van der Waals surface area contributed by atoms with Crippen LogP contribution in [0.4, 0.5) is 0 Å². The maximum atomic E-state index is 8.29. The van der Waals surface area contributed by atoms with E-state index in [-0.39, 0.29) is 5.84 Å². The summed E-state index contributed by atoms with van der Waals surface area (Å²) in [4.78, 5) is 0. The molecule has 0 saturated carbocycles. The van der Waals surface area contributed by atoms with Gasteiger partial charge in [-0.25, -0.2) is 0 Å². The van der Waals surface area contributed by atoms with Crippen LogP contribution in [0.1, 0.15) is 18.4 Å². The Morgan fingerprint density at radius 3 is 2.69 bits per heavy atom. The fraction of sp³-hybridized carbons (Fsp3) is 0.417. The molecule has 0 aromatic heterocycles. The molecule has 16 heavy (non-hydrogen) atoms. The van der Waals surface area contributed by atoms with Crippen molar-refractivity contribution in [1.82, 2.24) is 0 Å². The average Bonchev–Trinajstić information content (AvgIpc) is 2.34. The lowest BCUT2D eigenvalue weighted by atomic mass is 10.1. The van der Waals surface area contributed by atoms with Crippen LogP contribution >= 0.6 is 0 Å². The monoisotopic (exact) mass is 222 g/mol. The molecule has 0 aliphatic heterocycles. The Hall–Kier alpha value is -1.55. The van der Waals surface area contributed by atoms with E-state index in [1.54, 1.807) is 0 Å². The average molecular weight is 222 g/mol. The Balaban J connectivity index is 2.01. The summed E-state index contributed by atoms with van der Waals surface area (Å²) in [5, 5.41) is 11.2. The van der Waals surface area contributed by atoms with Crippen LogP contribution in [0.2, 0.25) is 0 Å². The fourth-order valence-corrected chi connectivity index (χ4v) is 1.35. The summed E-state index contributed by atoms with van der Waals surface area (Å²) in [7, 11) is 0. The van der Waals surface area contributed by atoms with Gasteiger partial charge in [-0.15, -0.1) is 0 Å². The van der Waals surface area contributed by atoms with Gasteiger partial charge >= 0.3 is 0 Å². The van der Waals surface area contributed by atoms with Crippen molar-refractivity contribution in [2.75, 3.05) is 13.2 Å². The van der Waals surface area contributed by atoms with Crippen molar-refractivity contribution in [3.05, 3.63) is 35.9 Å². The molecule has 3 N–H and O–H groups in total. The first-order valence-corrected chi connectivity index (χ1v) is 5.41. The number of ether oxygens (including phenoxy) is 1. The highest BCUT2D eigenvalue weighted by Gasteiger charge is 1.95. The topological polar surface area (TPSA) is 67.8 Å². The van der Waals surface area contributed by atoms with E-state index in [1.165, 1.54) is 5.56 Å². The molecule has 0 saturated heterocycles. The molecule has 0 heterocycles. The predicted molar refractivity (Wildman–Crippen MR) is 63.6 cm³/mol. The molecule has 0 amide bonds. The van der Waals surface area contributed by atoms with Gasteiger partial charge in [-0.2, -0.15) is 0 Å². The molecule has 0 aliphatic rings. The molecule has 4 heteroatoms. The van der Waals surface area contributed by atoms with Crippen LogP contribution in [0.3, 0.4) is 0 Å². The molecule has 0 bridgehead atoms. The minimum absolute atomic E-state index is 0.211. The summed E-state index contributed by atoms with van der Waals surface area (Å²) in [5.41, 5.74) is 6.62. The molecule has 88 valence electrons. The van der Waals surface area contributed by atoms with Crippen LogP contribution in [-0.4, -0.2) is 24.3 Å². The number of hydrogen-bond acceptors (Lipinski definition) is 3. The number of nitrogens with two attached hydrogens (primary N) is 1. The third kappa shape index (κ3) is 5.36. The Labute approximate surface area is 95.7 Å². The second-order valence-corrected chi connectivity index (χ2v) is 3.54. The largest absolute Gasteiger partial charge is 0.409 e. The number of aryl methyl sites for hydroxylation is 1. The fourth-order valence-electron chi connectivity index (χ4n) is 1.35. The lowest BCUT2D eigenvalue weighted by Crippen LogP contribution is -2.14. The lowest BCUT2D eigenvalue weighted by molar-refractivity contribution is 0.138. The van der Waals surface area contributed by atoms with Crippen molar-refractivity contribution in [3.8, 4) is 0 Å². The smallest absolute Gasteiger partial charge is 0.141 e. The molecule has 0 atom stereocenters. The van der Waals surface area contributed by atoms with Crippen molar-refractivity contribution < 1.29 is 9.94 Å². The maximum Gasteiger partial charge on any atom is 0.141 e. The molecule has 0 fully saturated rings. The van der Waals surface area contributed by atoms with Crippen LogP contribution in [0.25, 0.3) is 0 Å². The van der Waals surface area contributed by atoms with Gasteiger partial charge in [-0.05, 0) is 18.4 Å². The van der Waals surface area contributed by atoms with E-state index in [9.17, 15) is 0 Å². The molecule has 0 aliphatic carbocycles. The first-order chi connectivity index (χ1) is 7.83. The zero-order valence-corrected chi connectivity index (χ0v) is 9.30. The van der Waals surface area contributed by atoms with Crippen LogP contribution in [-0.2, 0) is 11.2 Å². The van der Waals surface area contributed by atoms with Gasteiger partial charge in [0.2, 0.25) is 0 Å². The molecule has 1 aromatic carbocycles. The number of amidine groups is 1. The van der Waals surface area contributed by atoms with E-state index in [0.29, 0.717) is 19.6 Å². The van der Waals surface area contributed by atoms with Gasteiger partial charge in [-0.1, -0.05) is 35.5 Å². The normalized spacial score (nSPS) is 11.6. The third-order valence-electron chi connectivity index (χ3n) is 2.23. The minimum Gasteiger partial charge on any atom is -0.409 e. The first kappa shape index (κ1) is 12.5. The second-order valence-electron chi connectivity index (χ2n) is 3.54. The van der Waals surface area contributed by atoms with E-state index in [0.717, 1.165) is 12.8 Å². The number of nitrogens with zero attached hydrogens (tertiary/aromatic N) is 1. The second kappa shape index (κ2) is 7.70. The van der Waals surface area contributed by atoms with Gasteiger partial charge in [0.15, 0.2) is 0 Å². The number of hydrogen-bond donors (Lipinski definition) is 2. The summed E-state index contributed by atoms with van der Waals surface area (Å²) in [5.74, 6) is 0.211. The van der Waals surface area contributed by atoms with E-state index < -0.39 is 0 Å². The number of oxime groups is 1. The van der Waals surface area contributed by atoms with Gasteiger partial charge in [0.25, 0.3) is 0 Å². The summed E-state index contributed by atoms with van der Waals surface area (Å²) >= 11 is 0. The highest BCUT2D eigenvalue weighted by molar-refractivity contribution is 5.79. The molecule has 1 aromatic rings. The molecule has 0 radical (unpaired) electrons. The van der Waals surface area contributed by atoms with Crippen molar-refractivity contribution in [2.24, 2.45) is 10.9 Å². The third-order valence-corrected chi connectivity index (χ3v) is 2.23. The summed E-state index contributed by atoms with van der Waals surface area (Å²) in [6.45, 7) is 1.21. The maximum absolute atomic E-state index is 8.29. The SMILES string of the molecule is NC(CCOCCCc1ccccc1)=NO. The van der Waals surface area contributed by atoms with Gasteiger partial charge < -0.3 is 15.7 Å². The van der Waals surface area contributed by atoms with Crippen molar-refractivity contribution in [2.45, 2.75) is 19.3 Å². The van der Waals surface area contributed by atoms with Gasteiger partial charge in [0, 0.05) is 13.0 Å². The lowest BCUT2D eigenvalue weighted by Gasteiger charge is -2.03. The molecule has 1 rings (SSSR count). The van der Waals surface area contributed by atoms with Gasteiger partial charge in [0.05, 0.1) is 6.61 Å². The van der Waals surface area contributed by atoms with Crippen LogP contribution in [0.5, 0.6) is 0 Å². The van der Waals surface area contributed by atoms with Crippen LogP contribution < -0.4 is 5.73 Å². The van der Waals surface area contributed by atoms with Crippen molar-refractivity contribution >= 4 is 5.84 Å². The highest BCUT2D eigenvalue weighted by atomic mass is 16.5. The van der Waals surface area contributed by atoms with E-state index in [1.807, 2.05) is 18.2 Å². The molecule has 0 spiro atoms. The highest BCUT2D eigenvalue weighted by Crippen LogP contribution is 2.02. The summed E-state index contributed by atoms with van der Waals surface area (Å²) in [6, 6.07) is 10.3. The zero-order chi connectivity index (χ0) is 11.6. The predicted octanol–water partition coefficient (Wildman–Crippen LogP) is 1.77. The summed E-state index contributed by atoms with van der Waals surface area (Å²) < 4.78 is 5.36. The standard InChI is InChI=1S/C12H18N2O2/c13-12(14-15)8-10-16-9-4-7-11-5-2-1-3-6-11/h1-3,5-6,15H,4,7-10H2,(H2,13,14). The van der Waals surface area contributed by atoms with Crippen LogP contribution in [0, 0.1) is 0 Å². The Kier molecular flexibility index (Phi) is 6.03. The van der Waals surface area contributed by atoms with Crippen molar-refractivity contribution in [3.63, 3.8) is 0 Å². The van der Waals surface area contributed by atoms with Crippen LogP contribution in [0.15, 0.2) is 35.5 Å². The van der Waals surface area contributed by atoms with E-state index in [2.05, 4.69) is 17.3 Å². The Bertz CT molecular complexity index is 312. The van der Waals surface area contributed by atoms with Gasteiger partial charge in [0.1, 0.15) is 5.84 Å². The Morgan fingerprint density at radius 2 is 2.00 bits per heavy atom. The molecule has 0 unspecified atom stereocenters. The van der Waals surface area contributed by atoms with E-state index >= 15 is 0 Å². The summed E-state index contributed by atoms with van der Waals surface area (Å²) in [6.07, 6.45) is 2.48. The van der Waals surface area contributed by atoms with E-state index in [4.69, 9.17) is 15.7 Å². The quantitative estimate of drug-likeness (QED) is 0.243. The Morgan fingerprint density at radius 1 is 1.25 bits per heavy atom. The zero-order valence-electron chi connectivity index (χ0n) is 9.30. The van der Waals surface area contributed by atoms with Gasteiger partial charge in [-0.3, -0.25) is 0 Å². The van der Waals surface area contributed by atoms with Crippen molar-refractivity contribution in [1.29, 1.82) is 0 Å². The number of benzene rings is 1. The molecule has 4 nitrogen and oxygen atoms in total. The number of rotatable bonds is 7. The molecular formula is C12H18N2O2. The minimum atomic E-state index is 0.211.